The minimum absolute atomic E-state index is 0.306. The Bertz CT molecular complexity index is 177. The first kappa shape index (κ1) is 11.5. The first-order chi connectivity index (χ1) is 5.43. The Labute approximate surface area is 77.6 Å². The summed E-state index contributed by atoms with van der Waals surface area (Å²) in [5.41, 5.74) is 0. The van der Waals surface area contributed by atoms with E-state index in [4.69, 9.17) is 5.11 Å². The second kappa shape index (κ2) is 5.19. The number of thiol groups is 1. The summed E-state index contributed by atoms with van der Waals surface area (Å²) in [5.74, 6) is -1.02. The summed E-state index contributed by atoms with van der Waals surface area (Å²) in [6, 6.07) is 0. The SMILES string of the molecule is CC(C)CC(S)C(=O)CC(=O)O. The van der Waals surface area contributed by atoms with Gasteiger partial charge in [-0.25, -0.2) is 0 Å². The van der Waals surface area contributed by atoms with E-state index in [-0.39, 0.29) is 5.78 Å². The Kier molecular flexibility index (Phi) is 4.97. The molecule has 0 amide bonds. The van der Waals surface area contributed by atoms with Crippen molar-refractivity contribution >= 4 is 24.4 Å². The quantitative estimate of drug-likeness (QED) is 0.508. The number of rotatable bonds is 5. The molecule has 3 nitrogen and oxygen atoms in total. The number of ketones is 1. The van der Waals surface area contributed by atoms with Crippen molar-refractivity contribution in [2.24, 2.45) is 5.92 Å². The van der Waals surface area contributed by atoms with Gasteiger partial charge in [-0.2, -0.15) is 12.6 Å². The van der Waals surface area contributed by atoms with Gasteiger partial charge in [0.1, 0.15) is 6.42 Å². The van der Waals surface area contributed by atoms with Crippen molar-refractivity contribution in [3.63, 3.8) is 0 Å². The molecule has 1 N–H and O–H groups in total. The Morgan fingerprint density at radius 1 is 1.42 bits per heavy atom. The average molecular weight is 190 g/mol. The van der Waals surface area contributed by atoms with Crippen molar-refractivity contribution in [1.82, 2.24) is 0 Å². The predicted octanol–water partition coefficient (Wildman–Crippen LogP) is 1.37. The highest BCUT2D eigenvalue weighted by Crippen LogP contribution is 2.12. The van der Waals surface area contributed by atoms with Gasteiger partial charge < -0.3 is 5.11 Å². The maximum Gasteiger partial charge on any atom is 0.310 e. The lowest BCUT2D eigenvalue weighted by molar-refractivity contribution is -0.140. The Balaban J connectivity index is 3.85. The van der Waals surface area contributed by atoms with E-state index in [9.17, 15) is 9.59 Å². The summed E-state index contributed by atoms with van der Waals surface area (Å²) < 4.78 is 0. The van der Waals surface area contributed by atoms with Crippen LogP contribution in [0.2, 0.25) is 0 Å². The Morgan fingerprint density at radius 3 is 2.25 bits per heavy atom. The van der Waals surface area contributed by atoms with E-state index in [1.807, 2.05) is 13.8 Å². The van der Waals surface area contributed by atoms with Crippen LogP contribution in [-0.2, 0) is 9.59 Å². The maximum atomic E-state index is 11.0. The molecule has 0 spiro atoms. The van der Waals surface area contributed by atoms with Gasteiger partial charge in [-0.3, -0.25) is 9.59 Å². The Hall–Kier alpha value is -0.510. The lowest BCUT2D eigenvalue weighted by Crippen LogP contribution is -2.19. The molecular weight excluding hydrogens is 176 g/mol. The fraction of sp³-hybridized carbons (Fsp3) is 0.750. The molecule has 0 bridgehead atoms. The van der Waals surface area contributed by atoms with E-state index in [0.717, 1.165) is 0 Å². The molecule has 0 aromatic heterocycles. The largest absolute Gasteiger partial charge is 0.481 e. The third kappa shape index (κ3) is 5.18. The van der Waals surface area contributed by atoms with Crippen LogP contribution in [0.1, 0.15) is 26.7 Å². The van der Waals surface area contributed by atoms with E-state index in [0.29, 0.717) is 12.3 Å². The molecule has 0 aromatic rings. The van der Waals surface area contributed by atoms with Crippen LogP contribution < -0.4 is 0 Å². The van der Waals surface area contributed by atoms with Crippen LogP contribution in [0.4, 0.5) is 0 Å². The van der Waals surface area contributed by atoms with Gasteiger partial charge in [-0.15, -0.1) is 0 Å². The zero-order valence-corrected chi connectivity index (χ0v) is 8.17. The summed E-state index contributed by atoms with van der Waals surface area (Å²) >= 11 is 4.03. The molecule has 0 fully saturated rings. The van der Waals surface area contributed by atoms with Crippen molar-refractivity contribution in [2.45, 2.75) is 31.9 Å². The molecule has 0 aliphatic heterocycles. The summed E-state index contributed by atoms with van der Waals surface area (Å²) in [7, 11) is 0. The zero-order chi connectivity index (χ0) is 9.72. The van der Waals surface area contributed by atoms with Crippen molar-refractivity contribution in [3.05, 3.63) is 0 Å². The van der Waals surface area contributed by atoms with E-state index >= 15 is 0 Å². The molecule has 70 valence electrons. The first-order valence-corrected chi connectivity index (χ1v) is 4.37. The number of carboxylic acid groups (broad SMARTS) is 1. The molecule has 0 aromatic carbocycles. The standard InChI is InChI=1S/C8H14O3S/c1-5(2)3-7(12)6(9)4-8(10)11/h5,7,12H,3-4H2,1-2H3,(H,10,11). The van der Waals surface area contributed by atoms with Gasteiger partial charge in [0.2, 0.25) is 0 Å². The van der Waals surface area contributed by atoms with E-state index < -0.39 is 17.6 Å². The molecule has 0 aliphatic carbocycles. The van der Waals surface area contributed by atoms with Gasteiger partial charge in [-0.1, -0.05) is 13.8 Å². The van der Waals surface area contributed by atoms with Crippen LogP contribution in [0.15, 0.2) is 0 Å². The van der Waals surface area contributed by atoms with Gasteiger partial charge in [0.05, 0.1) is 5.25 Å². The predicted molar refractivity (Wildman–Crippen MR) is 49.5 cm³/mol. The van der Waals surface area contributed by atoms with Crippen molar-refractivity contribution in [3.8, 4) is 0 Å². The molecule has 12 heavy (non-hydrogen) atoms. The summed E-state index contributed by atoms with van der Waals surface area (Å²) in [4.78, 5) is 21.2. The summed E-state index contributed by atoms with van der Waals surface area (Å²) in [5, 5.41) is 7.88. The fourth-order valence-corrected chi connectivity index (χ4v) is 1.36. The van der Waals surface area contributed by atoms with Crippen molar-refractivity contribution in [1.29, 1.82) is 0 Å². The Morgan fingerprint density at radius 2 is 1.92 bits per heavy atom. The van der Waals surface area contributed by atoms with Crippen LogP contribution in [0.5, 0.6) is 0 Å². The topological polar surface area (TPSA) is 54.4 Å². The number of Topliss-reactive ketones (excluding diaryl/α,β-unsaturated/α-hetero) is 1. The molecule has 0 saturated heterocycles. The highest BCUT2D eigenvalue weighted by Gasteiger charge is 2.17. The van der Waals surface area contributed by atoms with Crippen molar-refractivity contribution < 1.29 is 14.7 Å². The molecule has 0 rings (SSSR count). The van der Waals surface area contributed by atoms with E-state index in [2.05, 4.69) is 12.6 Å². The average Bonchev–Trinajstić information content (AvgIpc) is 1.84. The van der Waals surface area contributed by atoms with Crippen LogP contribution in [0.25, 0.3) is 0 Å². The summed E-state index contributed by atoms with van der Waals surface area (Å²) in [6.07, 6.45) is 0.218. The van der Waals surface area contributed by atoms with Crippen LogP contribution >= 0.6 is 12.6 Å². The third-order valence-corrected chi connectivity index (χ3v) is 1.89. The molecule has 4 heteroatoms. The van der Waals surface area contributed by atoms with Gasteiger partial charge >= 0.3 is 5.97 Å². The molecule has 0 saturated carbocycles. The highest BCUT2D eigenvalue weighted by atomic mass is 32.1. The number of carbonyl (C=O) groups excluding carboxylic acids is 1. The fourth-order valence-electron chi connectivity index (χ4n) is 0.845. The first-order valence-electron chi connectivity index (χ1n) is 3.86. The van der Waals surface area contributed by atoms with Gasteiger partial charge in [0, 0.05) is 0 Å². The number of carboxylic acids is 1. The lowest BCUT2D eigenvalue weighted by Gasteiger charge is -2.10. The second-order valence-electron chi connectivity index (χ2n) is 3.18. The van der Waals surface area contributed by atoms with Gasteiger partial charge in [-0.05, 0) is 12.3 Å². The summed E-state index contributed by atoms with van der Waals surface area (Å²) in [6.45, 7) is 3.94. The highest BCUT2D eigenvalue weighted by molar-refractivity contribution is 7.81. The minimum Gasteiger partial charge on any atom is -0.481 e. The lowest BCUT2D eigenvalue weighted by atomic mass is 10.0. The third-order valence-electron chi connectivity index (χ3n) is 1.39. The molecule has 0 radical (unpaired) electrons. The molecule has 0 aliphatic rings. The molecular formula is C8H14O3S. The smallest absolute Gasteiger partial charge is 0.310 e. The number of carbonyl (C=O) groups is 2. The maximum absolute atomic E-state index is 11.0. The molecule has 1 atom stereocenters. The molecule has 0 heterocycles. The van der Waals surface area contributed by atoms with Gasteiger partial charge in [0.25, 0.3) is 0 Å². The second-order valence-corrected chi connectivity index (χ2v) is 3.81. The number of hydrogen-bond donors (Lipinski definition) is 2. The van der Waals surface area contributed by atoms with Crippen LogP contribution in [0, 0.1) is 5.92 Å². The monoisotopic (exact) mass is 190 g/mol. The minimum atomic E-state index is -1.08. The zero-order valence-electron chi connectivity index (χ0n) is 7.28. The number of aliphatic carboxylic acids is 1. The van der Waals surface area contributed by atoms with Crippen LogP contribution in [-0.4, -0.2) is 22.1 Å². The van der Waals surface area contributed by atoms with E-state index in [1.165, 1.54) is 0 Å². The van der Waals surface area contributed by atoms with Crippen LogP contribution in [0.3, 0.4) is 0 Å². The van der Waals surface area contributed by atoms with Gasteiger partial charge in [0.15, 0.2) is 5.78 Å². The molecule has 1 unspecified atom stereocenters. The normalized spacial score (nSPS) is 13.0. The van der Waals surface area contributed by atoms with Crippen molar-refractivity contribution in [2.75, 3.05) is 0 Å². The number of hydrogen-bond acceptors (Lipinski definition) is 3. The van der Waals surface area contributed by atoms with E-state index in [1.54, 1.807) is 0 Å².